The van der Waals surface area contributed by atoms with E-state index in [1.54, 1.807) is 6.08 Å². The minimum absolute atomic E-state index is 0.0406. The van der Waals surface area contributed by atoms with Crippen molar-refractivity contribution in [1.29, 1.82) is 0 Å². The van der Waals surface area contributed by atoms with Gasteiger partial charge in [-0.25, -0.2) is 0 Å². The van der Waals surface area contributed by atoms with Crippen LogP contribution in [0, 0.1) is 0 Å². The molecule has 1 aliphatic heterocycles. The molecule has 1 heterocycles. The van der Waals surface area contributed by atoms with E-state index in [1.165, 1.54) is 0 Å². The first-order chi connectivity index (χ1) is 7.13. The third-order valence-corrected chi connectivity index (χ3v) is 2.86. The molecule has 0 aromatic heterocycles. The van der Waals surface area contributed by atoms with Crippen molar-refractivity contribution in [2.24, 2.45) is 0 Å². The zero-order valence-electron chi connectivity index (χ0n) is 8.94. The summed E-state index contributed by atoms with van der Waals surface area (Å²) in [6.45, 7) is 3.74. The highest BCUT2D eigenvalue weighted by atomic mass is 16.6. The van der Waals surface area contributed by atoms with Crippen molar-refractivity contribution < 1.29 is 9.53 Å². The molecular formula is C13H14O2. The van der Waals surface area contributed by atoms with Crippen LogP contribution in [-0.4, -0.2) is 17.5 Å². The molecule has 0 aliphatic carbocycles. The van der Waals surface area contributed by atoms with Crippen molar-refractivity contribution in [2.75, 3.05) is 0 Å². The Balaban J connectivity index is 2.04. The molecule has 2 nitrogen and oxygen atoms in total. The maximum absolute atomic E-state index is 11.7. The van der Waals surface area contributed by atoms with E-state index in [2.05, 4.69) is 0 Å². The van der Waals surface area contributed by atoms with Crippen LogP contribution < -0.4 is 0 Å². The summed E-state index contributed by atoms with van der Waals surface area (Å²) in [5, 5.41) is 0. The fourth-order valence-corrected chi connectivity index (χ4v) is 1.49. The van der Waals surface area contributed by atoms with E-state index in [1.807, 2.05) is 50.3 Å². The summed E-state index contributed by atoms with van der Waals surface area (Å²) in [7, 11) is 0. The molecule has 0 saturated carbocycles. The number of hydrogen-bond donors (Lipinski definition) is 0. The van der Waals surface area contributed by atoms with Crippen molar-refractivity contribution in [3.8, 4) is 0 Å². The Hall–Kier alpha value is -1.41. The smallest absolute Gasteiger partial charge is 0.189 e. The van der Waals surface area contributed by atoms with Crippen molar-refractivity contribution >= 4 is 11.9 Å². The van der Waals surface area contributed by atoms with Crippen molar-refractivity contribution in [1.82, 2.24) is 0 Å². The molecule has 0 amide bonds. The van der Waals surface area contributed by atoms with Gasteiger partial charge in [0.2, 0.25) is 0 Å². The van der Waals surface area contributed by atoms with Crippen molar-refractivity contribution in [2.45, 2.75) is 25.6 Å². The van der Waals surface area contributed by atoms with Crippen LogP contribution in [0.1, 0.15) is 19.4 Å². The Kier molecular flexibility index (Phi) is 2.45. The SMILES string of the molecule is CC1OC1(C)C(=O)/C=C/c1ccccc1. The highest BCUT2D eigenvalue weighted by Crippen LogP contribution is 2.36. The molecular weight excluding hydrogens is 188 g/mol. The number of carbonyl (C=O) groups excluding carboxylic acids is 1. The van der Waals surface area contributed by atoms with E-state index < -0.39 is 5.60 Å². The third kappa shape index (κ3) is 2.00. The van der Waals surface area contributed by atoms with Gasteiger partial charge < -0.3 is 4.74 Å². The molecule has 1 aliphatic rings. The minimum atomic E-state index is -0.578. The van der Waals surface area contributed by atoms with Crippen molar-refractivity contribution in [3.05, 3.63) is 42.0 Å². The van der Waals surface area contributed by atoms with Gasteiger partial charge in [0.1, 0.15) is 0 Å². The molecule has 1 fully saturated rings. The van der Waals surface area contributed by atoms with Gasteiger partial charge in [0, 0.05) is 0 Å². The van der Waals surface area contributed by atoms with Crippen LogP contribution in [-0.2, 0) is 9.53 Å². The first-order valence-corrected chi connectivity index (χ1v) is 5.08. The Morgan fingerprint density at radius 3 is 2.53 bits per heavy atom. The van der Waals surface area contributed by atoms with Gasteiger partial charge in [0.15, 0.2) is 11.4 Å². The summed E-state index contributed by atoms with van der Waals surface area (Å²) in [5.41, 5.74) is 0.452. The summed E-state index contributed by atoms with van der Waals surface area (Å²) in [5.74, 6) is 0.0406. The standard InChI is InChI=1S/C13H14O2/c1-10-13(2,15-10)12(14)9-8-11-6-4-3-5-7-11/h3-10H,1-2H3/b9-8+. The topological polar surface area (TPSA) is 29.6 Å². The quantitative estimate of drug-likeness (QED) is 0.556. The second kappa shape index (κ2) is 3.63. The zero-order valence-corrected chi connectivity index (χ0v) is 8.94. The van der Waals surface area contributed by atoms with Gasteiger partial charge in [-0.05, 0) is 25.5 Å². The molecule has 2 heteroatoms. The molecule has 2 atom stereocenters. The van der Waals surface area contributed by atoms with Crippen LogP contribution in [0.3, 0.4) is 0 Å². The maximum atomic E-state index is 11.7. The Bertz CT molecular complexity index is 394. The number of epoxide rings is 1. The number of ether oxygens (including phenoxy) is 1. The molecule has 15 heavy (non-hydrogen) atoms. The van der Waals surface area contributed by atoms with E-state index in [-0.39, 0.29) is 11.9 Å². The maximum Gasteiger partial charge on any atom is 0.189 e. The van der Waals surface area contributed by atoms with Crippen LogP contribution in [0.15, 0.2) is 36.4 Å². The van der Waals surface area contributed by atoms with Gasteiger partial charge in [-0.1, -0.05) is 36.4 Å². The fourth-order valence-electron chi connectivity index (χ4n) is 1.49. The van der Waals surface area contributed by atoms with Crippen LogP contribution in [0.5, 0.6) is 0 Å². The van der Waals surface area contributed by atoms with Crippen molar-refractivity contribution in [3.63, 3.8) is 0 Å². The van der Waals surface area contributed by atoms with E-state index in [0.717, 1.165) is 5.56 Å². The molecule has 78 valence electrons. The number of benzene rings is 1. The van der Waals surface area contributed by atoms with Crippen LogP contribution >= 0.6 is 0 Å². The Morgan fingerprint density at radius 1 is 1.40 bits per heavy atom. The second-order valence-corrected chi connectivity index (χ2v) is 3.98. The normalized spacial score (nSPS) is 29.3. The van der Waals surface area contributed by atoms with Crippen LogP contribution in [0.25, 0.3) is 6.08 Å². The zero-order chi connectivity index (χ0) is 10.9. The van der Waals surface area contributed by atoms with Crippen LogP contribution in [0.2, 0.25) is 0 Å². The third-order valence-electron chi connectivity index (χ3n) is 2.86. The summed E-state index contributed by atoms with van der Waals surface area (Å²) < 4.78 is 5.25. The predicted molar refractivity (Wildman–Crippen MR) is 59.4 cm³/mol. The highest BCUT2D eigenvalue weighted by molar-refractivity contribution is 6.01. The molecule has 0 radical (unpaired) electrons. The number of rotatable bonds is 3. The van der Waals surface area contributed by atoms with E-state index in [0.29, 0.717) is 0 Å². The lowest BCUT2D eigenvalue weighted by Gasteiger charge is -1.98. The first-order valence-electron chi connectivity index (χ1n) is 5.08. The molecule has 2 unspecified atom stereocenters. The highest BCUT2D eigenvalue weighted by Gasteiger charge is 2.53. The second-order valence-electron chi connectivity index (χ2n) is 3.98. The lowest BCUT2D eigenvalue weighted by molar-refractivity contribution is -0.118. The van der Waals surface area contributed by atoms with Gasteiger partial charge in [-0.15, -0.1) is 0 Å². The van der Waals surface area contributed by atoms with E-state index in [4.69, 9.17) is 4.74 Å². The average Bonchev–Trinajstić information content (AvgIpc) is 2.86. The summed E-state index contributed by atoms with van der Waals surface area (Å²) >= 11 is 0. The van der Waals surface area contributed by atoms with E-state index >= 15 is 0 Å². The predicted octanol–water partition coefficient (Wildman–Crippen LogP) is 2.45. The molecule has 0 spiro atoms. The molecule has 0 N–H and O–H groups in total. The lowest BCUT2D eigenvalue weighted by atomic mass is 10.0. The van der Waals surface area contributed by atoms with Gasteiger partial charge in [0.05, 0.1) is 6.10 Å². The van der Waals surface area contributed by atoms with E-state index in [9.17, 15) is 4.79 Å². The molecule has 0 bridgehead atoms. The molecule has 2 rings (SSSR count). The Labute approximate surface area is 89.6 Å². The number of hydrogen-bond acceptors (Lipinski definition) is 2. The largest absolute Gasteiger partial charge is 0.358 e. The summed E-state index contributed by atoms with van der Waals surface area (Å²) in [6, 6.07) is 9.77. The summed E-state index contributed by atoms with van der Waals surface area (Å²) in [6.07, 6.45) is 3.46. The summed E-state index contributed by atoms with van der Waals surface area (Å²) in [4.78, 5) is 11.7. The van der Waals surface area contributed by atoms with Crippen LogP contribution in [0.4, 0.5) is 0 Å². The van der Waals surface area contributed by atoms with Gasteiger partial charge in [-0.2, -0.15) is 0 Å². The van der Waals surface area contributed by atoms with Gasteiger partial charge in [-0.3, -0.25) is 4.79 Å². The molecule has 1 aromatic rings. The van der Waals surface area contributed by atoms with Gasteiger partial charge >= 0.3 is 0 Å². The molecule has 1 saturated heterocycles. The number of carbonyl (C=O) groups is 1. The lowest BCUT2D eigenvalue weighted by Crippen LogP contribution is -2.20. The fraction of sp³-hybridized carbons (Fsp3) is 0.308. The monoisotopic (exact) mass is 202 g/mol. The average molecular weight is 202 g/mol. The first kappa shape index (κ1) is 10.1. The minimum Gasteiger partial charge on any atom is -0.358 e. The van der Waals surface area contributed by atoms with Gasteiger partial charge in [0.25, 0.3) is 0 Å². The molecule has 1 aromatic carbocycles. The Morgan fingerprint density at radius 2 is 2.00 bits per heavy atom. The number of ketones is 1.